The minimum absolute atomic E-state index is 0.558. The van der Waals surface area contributed by atoms with E-state index in [9.17, 15) is 9.59 Å². The van der Waals surface area contributed by atoms with E-state index in [0.29, 0.717) is 12.2 Å². The van der Waals surface area contributed by atoms with Gasteiger partial charge in [0.2, 0.25) is 0 Å². The summed E-state index contributed by atoms with van der Waals surface area (Å²) in [4.78, 5) is 19.1. The molecular formula is C18H19ClN2O4. The molecule has 2 aromatic rings. The highest BCUT2D eigenvalue weighted by atomic mass is 35.5. The van der Waals surface area contributed by atoms with Crippen molar-refractivity contribution in [1.29, 1.82) is 0 Å². The Balaban J connectivity index is 0.000000197. The molecule has 25 heavy (non-hydrogen) atoms. The van der Waals surface area contributed by atoms with Gasteiger partial charge in [-0.15, -0.1) is 0 Å². The number of carboxylic acid groups (broad SMARTS) is 2. The molecule has 0 aliphatic carbocycles. The van der Waals surface area contributed by atoms with Crippen LogP contribution in [0.3, 0.4) is 0 Å². The summed E-state index contributed by atoms with van der Waals surface area (Å²) in [5, 5.41) is 21.4. The lowest BCUT2D eigenvalue weighted by Gasteiger charge is -2.05. The van der Waals surface area contributed by atoms with Crippen molar-refractivity contribution in [3.8, 4) is 0 Å². The van der Waals surface area contributed by atoms with Gasteiger partial charge in [0.05, 0.1) is 10.5 Å². The van der Waals surface area contributed by atoms with Crippen LogP contribution >= 0.6 is 11.6 Å². The lowest BCUT2D eigenvalue weighted by Crippen LogP contribution is -2.17. The van der Waals surface area contributed by atoms with Crippen LogP contribution < -0.4 is 5.32 Å². The Bertz CT molecular complexity index is 854. The monoisotopic (exact) mass is 362 g/mol. The SMILES string of the molecule is Clc1ccc2c3c1c1c(n3CC2)CCNCC1.O=C(O)C=CC(=O)O. The molecule has 0 spiro atoms. The van der Waals surface area contributed by atoms with Gasteiger partial charge in [0.15, 0.2) is 0 Å². The van der Waals surface area contributed by atoms with Gasteiger partial charge >= 0.3 is 11.9 Å². The topological polar surface area (TPSA) is 91.6 Å². The number of nitrogens with one attached hydrogen (secondary N) is 1. The van der Waals surface area contributed by atoms with E-state index in [-0.39, 0.29) is 0 Å². The van der Waals surface area contributed by atoms with E-state index in [0.717, 1.165) is 37.5 Å². The molecule has 0 unspecified atom stereocenters. The summed E-state index contributed by atoms with van der Waals surface area (Å²) in [5.74, 6) is -2.51. The van der Waals surface area contributed by atoms with Crippen LogP contribution in [0.4, 0.5) is 0 Å². The molecule has 0 radical (unpaired) electrons. The second-order valence-electron chi connectivity index (χ2n) is 6.02. The number of carboxylic acids is 2. The molecule has 1 aromatic carbocycles. The predicted octanol–water partition coefficient (Wildman–Crippen LogP) is 2.25. The molecule has 2 aliphatic rings. The van der Waals surface area contributed by atoms with Crippen molar-refractivity contribution >= 4 is 34.4 Å². The second kappa shape index (κ2) is 7.29. The number of hydrogen-bond donors (Lipinski definition) is 3. The van der Waals surface area contributed by atoms with E-state index in [2.05, 4.69) is 22.0 Å². The minimum atomic E-state index is -1.26. The van der Waals surface area contributed by atoms with Crippen LogP contribution in [0.25, 0.3) is 10.9 Å². The van der Waals surface area contributed by atoms with E-state index < -0.39 is 11.9 Å². The van der Waals surface area contributed by atoms with Crippen LogP contribution in [0.1, 0.15) is 16.8 Å². The normalized spacial score (nSPS) is 15.6. The van der Waals surface area contributed by atoms with Gasteiger partial charge in [-0.05, 0) is 36.6 Å². The number of nitrogens with zero attached hydrogens (tertiary/aromatic N) is 1. The minimum Gasteiger partial charge on any atom is -0.478 e. The summed E-state index contributed by atoms with van der Waals surface area (Å²) in [5.41, 5.74) is 5.92. The van der Waals surface area contributed by atoms with Crippen molar-refractivity contribution < 1.29 is 19.8 Å². The first-order valence-electron chi connectivity index (χ1n) is 8.15. The van der Waals surface area contributed by atoms with E-state index in [4.69, 9.17) is 21.8 Å². The number of benzene rings is 1. The van der Waals surface area contributed by atoms with Gasteiger partial charge in [-0.3, -0.25) is 0 Å². The van der Waals surface area contributed by atoms with Gasteiger partial charge in [-0.25, -0.2) is 9.59 Å². The van der Waals surface area contributed by atoms with Gasteiger partial charge in [-0.1, -0.05) is 17.7 Å². The molecule has 0 fully saturated rings. The molecular weight excluding hydrogens is 344 g/mol. The zero-order chi connectivity index (χ0) is 18.0. The summed E-state index contributed by atoms with van der Waals surface area (Å²) in [6.45, 7) is 3.31. The van der Waals surface area contributed by atoms with Crippen LogP contribution in [0, 0.1) is 0 Å². The van der Waals surface area contributed by atoms with Crippen LogP contribution in [0.2, 0.25) is 5.02 Å². The standard InChI is InChI=1S/C14H15ClN2.C4H4O4/c15-11-2-1-9-5-8-17-12-4-7-16-6-3-10(12)13(11)14(9)17;5-3(6)1-2-4(7)8/h1-2,16H,3-8H2;1-2H,(H,5,6)(H,7,8). The van der Waals surface area contributed by atoms with E-state index in [1.54, 1.807) is 0 Å². The molecule has 0 saturated heterocycles. The number of halogens is 1. The Morgan fingerprint density at radius 2 is 1.76 bits per heavy atom. The van der Waals surface area contributed by atoms with Crippen LogP contribution in [0.15, 0.2) is 24.3 Å². The maximum atomic E-state index is 9.55. The van der Waals surface area contributed by atoms with Gasteiger partial charge in [0.25, 0.3) is 0 Å². The van der Waals surface area contributed by atoms with Crippen LogP contribution in [0.5, 0.6) is 0 Å². The Morgan fingerprint density at radius 1 is 1.08 bits per heavy atom. The summed E-state index contributed by atoms with van der Waals surface area (Å²) in [6, 6.07) is 4.28. The lowest BCUT2D eigenvalue weighted by molar-refractivity contribution is -0.134. The molecule has 0 atom stereocenters. The molecule has 6 nitrogen and oxygen atoms in total. The zero-order valence-electron chi connectivity index (χ0n) is 13.6. The number of fused-ring (bicyclic) bond motifs is 3. The molecule has 0 saturated carbocycles. The largest absolute Gasteiger partial charge is 0.478 e. The van der Waals surface area contributed by atoms with Crippen molar-refractivity contribution in [2.75, 3.05) is 13.1 Å². The highest BCUT2D eigenvalue weighted by Gasteiger charge is 2.25. The molecule has 7 heteroatoms. The van der Waals surface area contributed by atoms with Gasteiger partial charge < -0.3 is 20.1 Å². The third kappa shape index (κ3) is 3.55. The highest BCUT2D eigenvalue weighted by Crippen LogP contribution is 2.38. The predicted molar refractivity (Wildman–Crippen MR) is 95.3 cm³/mol. The maximum Gasteiger partial charge on any atom is 0.328 e. The summed E-state index contributed by atoms with van der Waals surface area (Å²) < 4.78 is 2.51. The maximum absolute atomic E-state index is 9.55. The van der Waals surface area contributed by atoms with Gasteiger partial charge in [0.1, 0.15) is 0 Å². The molecule has 2 aliphatic heterocycles. The zero-order valence-corrected chi connectivity index (χ0v) is 14.3. The smallest absolute Gasteiger partial charge is 0.328 e. The number of carbonyl (C=O) groups is 2. The Labute approximate surface area is 149 Å². The molecule has 1 aromatic heterocycles. The number of aryl methyl sites for hydroxylation is 2. The molecule has 3 N–H and O–H groups in total. The Morgan fingerprint density at radius 3 is 2.44 bits per heavy atom. The number of aliphatic carboxylic acids is 2. The van der Waals surface area contributed by atoms with Gasteiger partial charge in [0, 0.05) is 42.7 Å². The summed E-state index contributed by atoms with van der Waals surface area (Å²) in [6.07, 6.45) is 4.54. The van der Waals surface area contributed by atoms with Crippen molar-refractivity contribution in [3.63, 3.8) is 0 Å². The fourth-order valence-electron chi connectivity index (χ4n) is 3.57. The number of aromatic nitrogens is 1. The molecule has 0 amide bonds. The van der Waals surface area contributed by atoms with Crippen molar-refractivity contribution in [3.05, 3.63) is 46.1 Å². The Hall–Kier alpha value is -2.31. The summed E-state index contributed by atoms with van der Waals surface area (Å²) in [7, 11) is 0. The molecule has 132 valence electrons. The summed E-state index contributed by atoms with van der Waals surface area (Å²) >= 11 is 6.43. The first-order valence-corrected chi connectivity index (χ1v) is 8.52. The van der Waals surface area contributed by atoms with Crippen molar-refractivity contribution in [1.82, 2.24) is 9.88 Å². The highest BCUT2D eigenvalue weighted by molar-refractivity contribution is 6.36. The number of rotatable bonds is 2. The molecule has 0 bridgehead atoms. The fourth-order valence-corrected chi connectivity index (χ4v) is 3.84. The van der Waals surface area contributed by atoms with E-state index in [1.165, 1.54) is 34.1 Å². The Kier molecular flexibility index (Phi) is 5.11. The average molecular weight is 363 g/mol. The first-order chi connectivity index (χ1) is 12.0. The average Bonchev–Trinajstić information content (AvgIpc) is 3.02. The molecule has 4 rings (SSSR count). The van der Waals surface area contributed by atoms with Crippen LogP contribution in [-0.2, 0) is 35.4 Å². The van der Waals surface area contributed by atoms with Gasteiger partial charge in [-0.2, -0.15) is 0 Å². The van der Waals surface area contributed by atoms with E-state index in [1.807, 2.05) is 0 Å². The van der Waals surface area contributed by atoms with Crippen molar-refractivity contribution in [2.24, 2.45) is 0 Å². The first kappa shape index (κ1) is 17.5. The third-order valence-electron chi connectivity index (χ3n) is 4.52. The van der Waals surface area contributed by atoms with Crippen LogP contribution in [-0.4, -0.2) is 39.8 Å². The quantitative estimate of drug-likeness (QED) is 0.713. The number of hydrogen-bond acceptors (Lipinski definition) is 3. The fraction of sp³-hybridized carbons (Fsp3) is 0.333. The lowest BCUT2D eigenvalue weighted by atomic mass is 10.0. The van der Waals surface area contributed by atoms with Crippen molar-refractivity contribution in [2.45, 2.75) is 25.8 Å². The van der Waals surface area contributed by atoms with E-state index >= 15 is 0 Å². The third-order valence-corrected chi connectivity index (χ3v) is 4.84. The second-order valence-corrected chi connectivity index (χ2v) is 6.42. The molecule has 3 heterocycles.